The summed E-state index contributed by atoms with van der Waals surface area (Å²) in [5, 5.41) is 4.22. The van der Waals surface area contributed by atoms with E-state index < -0.39 is 0 Å². The monoisotopic (exact) mass is 454 g/mol. The fourth-order valence-corrected chi connectivity index (χ4v) is 4.19. The number of anilines is 1. The molecule has 2 atom stereocenters. The van der Waals surface area contributed by atoms with Crippen LogP contribution in [0.4, 0.5) is 5.69 Å². The highest BCUT2D eigenvalue weighted by molar-refractivity contribution is 9.10. The van der Waals surface area contributed by atoms with Crippen molar-refractivity contribution >= 4 is 38.9 Å². The molecule has 0 spiro atoms. The standard InChI is InChI=1S/C22H23BrN4S/c1-22(2,3)26-13-11-15(14-26)20-19(18-6-4-5-12-24-18)25-21(28)27(20)17-9-7-16(23)8-10-17/h4-14,19-20H,1-3H3,(H,25,28). The van der Waals surface area contributed by atoms with Crippen LogP contribution in [0.2, 0.25) is 0 Å². The largest absolute Gasteiger partial charge is 0.351 e. The lowest BCUT2D eigenvalue weighted by Crippen LogP contribution is -2.29. The summed E-state index contributed by atoms with van der Waals surface area (Å²) in [6.45, 7) is 6.62. The third-order valence-electron chi connectivity index (χ3n) is 5.03. The van der Waals surface area contributed by atoms with Crippen LogP contribution in [0.5, 0.6) is 0 Å². The van der Waals surface area contributed by atoms with Gasteiger partial charge in [0.05, 0.1) is 17.8 Å². The molecular formula is C22H23BrN4S. The van der Waals surface area contributed by atoms with E-state index in [0.717, 1.165) is 15.9 Å². The highest BCUT2D eigenvalue weighted by Gasteiger charge is 2.41. The highest BCUT2D eigenvalue weighted by atomic mass is 79.9. The second kappa shape index (κ2) is 7.33. The predicted molar refractivity (Wildman–Crippen MR) is 122 cm³/mol. The van der Waals surface area contributed by atoms with Crippen molar-refractivity contribution in [3.05, 3.63) is 82.9 Å². The van der Waals surface area contributed by atoms with Crippen molar-refractivity contribution in [1.82, 2.24) is 14.9 Å². The molecule has 1 saturated heterocycles. The second-order valence-corrected chi connectivity index (χ2v) is 9.30. The van der Waals surface area contributed by atoms with Gasteiger partial charge in [-0.05, 0) is 81.0 Å². The Bertz CT molecular complexity index is 976. The third-order valence-corrected chi connectivity index (χ3v) is 5.88. The predicted octanol–water partition coefficient (Wildman–Crippen LogP) is 5.58. The SMILES string of the molecule is CC(C)(C)n1ccc(C2C(c3ccccn3)NC(=S)N2c2ccc(Br)cc2)c1. The molecule has 0 amide bonds. The molecule has 3 heterocycles. The molecule has 1 aliphatic rings. The maximum atomic E-state index is 5.76. The van der Waals surface area contributed by atoms with E-state index in [0.29, 0.717) is 5.11 Å². The van der Waals surface area contributed by atoms with Crippen LogP contribution in [-0.2, 0) is 5.54 Å². The summed E-state index contributed by atoms with van der Waals surface area (Å²) in [6.07, 6.45) is 6.20. The van der Waals surface area contributed by atoms with Gasteiger partial charge in [-0.25, -0.2) is 0 Å². The van der Waals surface area contributed by atoms with Crippen LogP contribution < -0.4 is 10.2 Å². The summed E-state index contributed by atoms with van der Waals surface area (Å²) in [7, 11) is 0. The number of benzene rings is 1. The quantitative estimate of drug-likeness (QED) is 0.523. The van der Waals surface area contributed by atoms with E-state index in [1.165, 1.54) is 5.56 Å². The van der Waals surface area contributed by atoms with E-state index in [2.05, 4.69) is 93.1 Å². The fraction of sp³-hybridized carbons (Fsp3) is 0.273. The number of nitrogens with one attached hydrogen (secondary N) is 1. The van der Waals surface area contributed by atoms with Gasteiger partial charge < -0.3 is 14.8 Å². The first-order chi connectivity index (χ1) is 13.3. The molecule has 6 heteroatoms. The smallest absolute Gasteiger partial charge is 0.174 e. The molecule has 0 bridgehead atoms. The van der Waals surface area contributed by atoms with Crippen LogP contribution in [0.25, 0.3) is 0 Å². The zero-order valence-electron chi connectivity index (χ0n) is 16.1. The lowest BCUT2D eigenvalue weighted by atomic mass is 9.98. The summed E-state index contributed by atoms with van der Waals surface area (Å²) in [5.41, 5.74) is 3.28. The maximum Gasteiger partial charge on any atom is 0.174 e. The topological polar surface area (TPSA) is 33.1 Å². The minimum Gasteiger partial charge on any atom is -0.351 e. The van der Waals surface area contributed by atoms with Gasteiger partial charge in [-0.2, -0.15) is 0 Å². The molecule has 2 aromatic heterocycles. The van der Waals surface area contributed by atoms with Crippen LogP contribution in [-0.4, -0.2) is 14.7 Å². The fourth-order valence-electron chi connectivity index (χ4n) is 3.58. The highest BCUT2D eigenvalue weighted by Crippen LogP contribution is 2.42. The first-order valence-corrected chi connectivity index (χ1v) is 10.5. The zero-order valence-corrected chi connectivity index (χ0v) is 18.5. The lowest BCUT2D eigenvalue weighted by Gasteiger charge is -2.28. The average molecular weight is 455 g/mol. The Kier molecular flexibility index (Phi) is 5.02. The Morgan fingerprint density at radius 1 is 1.07 bits per heavy atom. The molecule has 1 N–H and O–H groups in total. The summed E-state index contributed by atoms with van der Waals surface area (Å²) in [5.74, 6) is 0. The van der Waals surface area contributed by atoms with Crippen molar-refractivity contribution in [3.8, 4) is 0 Å². The number of halogens is 1. The van der Waals surface area contributed by atoms with Crippen molar-refractivity contribution in [1.29, 1.82) is 0 Å². The number of rotatable bonds is 3. The van der Waals surface area contributed by atoms with Crippen LogP contribution in [0.1, 0.15) is 44.1 Å². The number of hydrogen-bond acceptors (Lipinski definition) is 2. The molecule has 4 rings (SSSR count). The Morgan fingerprint density at radius 3 is 2.43 bits per heavy atom. The summed E-state index contributed by atoms with van der Waals surface area (Å²) in [4.78, 5) is 6.80. The molecular weight excluding hydrogens is 432 g/mol. The second-order valence-electron chi connectivity index (χ2n) is 8.00. The van der Waals surface area contributed by atoms with Gasteiger partial charge in [0.25, 0.3) is 0 Å². The number of nitrogens with zero attached hydrogens (tertiary/aromatic N) is 3. The maximum absolute atomic E-state index is 5.76. The van der Waals surface area contributed by atoms with Crippen molar-refractivity contribution < 1.29 is 0 Å². The normalized spacial score (nSPS) is 19.7. The Labute approximate surface area is 179 Å². The lowest BCUT2D eigenvalue weighted by molar-refractivity contribution is 0.397. The Hall–Kier alpha value is -2.18. The van der Waals surface area contributed by atoms with Gasteiger partial charge in [0.15, 0.2) is 5.11 Å². The van der Waals surface area contributed by atoms with E-state index in [-0.39, 0.29) is 17.6 Å². The molecule has 1 aromatic carbocycles. The van der Waals surface area contributed by atoms with Gasteiger partial charge in [-0.3, -0.25) is 4.98 Å². The van der Waals surface area contributed by atoms with Gasteiger partial charge in [-0.15, -0.1) is 0 Å². The van der Waals surface area contributed by atoms with Gasteiger partial charge in [0, 0.05) is 34.3 Å². The van der Waals surface area contributed by atoms with Crippen molar-refractivity contribution in [2.45, 2.75) is 38.4 Å². The van der Waals surface area contributed by atoms with Crippen LogP contribution in [0.15, 0.2) is 71.6 Å². The van der Waals surface area contributed by atoms with Gasteiger partial charge in [-0.1, -0.05) is 22.0 Å². The zero-order chi connectivity index (χ0) is 19.9. The van der Waals surface area contributed by atoms with E-state index in [4.69, 9.17) is 12.2 Å². The van der Waals surface area contributed by atoms with Crippen molar-refractivity contribution in [2.24, 2.45) is 0 Å². The summed E-state index contributed by atoms with van der Waals surface area (Å²) in [6, 6.07) is 16.5. The van der Waals surface area contributed by atoms with Gasteiger partial charge >= 0.3 is 0 Å². The van der Waals surface area contributed by atoms with E-state index in [1.807, 2.05) is 30.5 Å². The molecule has 1 fully saturated rings. The number of thiocarbonyl (C=S) groups is 1. The van der Waals surface area contributed by atoms with Crippen LogP contribution in [0, 0.1) is 0 Å². The van der Waals surface area contributed by atoms with E-state index in [1.54, 1.807) is 0 Å². The molecule has 3 aromatic rings. The number of aromatic nitrogens is 2. The average Bonchev–Trinajstić information content (AvgIpc) is 3.28. The van der Waals surface area contributed by atoms with E-state index in [9.17, 15) is 0 Å². The molecule has 0 radical (unpaired) electrons. The van der Waals surface area contributed by atoms with Crippen molar-refractivity contribution in [2.75, 3.05) is 4.90 Å². The first-order valence-electron chi connectivity index (χ1n) is 9.29. The van der Waals surface area contributed by atoms with Crippen LogP contribution >= 0.6 is 28.1 Å². The first kappa shape index (κ1) is 19.2. The molecule has 4 nitrogen and oxygen atoms in total. The molecule has 0 saturated carbocycles. The van der Waals surface area contributed by atoms with Gasteiger partial charge in [0.1, 0.15) is 0 Å². The molecule has 0 aliphatic carbocycles. The van der Waals surface area contributed by atoms with Gasteiger partial charge in [0.2, 0.25) is 0 Å². The van der Waals surface area contributed by atoms with Crippen LogP contribution in [0.3, 0.4) is 0 Å². The minimum absolute atomic E-state index is 0.0202. The number of hydrogen-bond donors (Lipinski definition) is 1. The van der Waals surface area contributed by atoms with Crippen molar-refractivity contribution in [3.63, 3.8) is 0 Å². The molecule has 144 valence electrons. The van der Waals surface area contributed by atoms with E-state index >= 15 is 0 Å². The third kappa shape index (κ3) is 3.59. The molecule has 28 heavy (non-hydrogen) atoms. The summed E-state index contributed by atoms with van der Waals surface area (Å²) >= 11 is 9.28. The summed E-state index contributed by atoms with van der Waals surface area (Å²) < 4.78 is 3.30. The minimum atomic E-state index is -0.0202. The Morgan fingerprint density at radius 2 is 1.82 bits per heavy atom. The molecule has 2 unspecified atom stereocenters. The molecule has 1 aliphatic heterocycles. The Balaban J connectivity index is 1.81. The number of pyridine rings is 1.